The fourth-order valence-corrected chi connectivity index (χ4v) is 5.65. The molecule has 21 heteroatoms. The van der Waals surface area contributed by atoms with Crippen LogP contribution in [0.1, 0.15) is 6.23 Å². The van der Waals surface area contributed by atoms with Crippen molar-refractivity contribution >= 4 is 40.4 Å². The Bertz CT molecular complexity index is 1100. The molecule has 0 amide bonds. The molecule has 0 radical (unpaired) electrons. The summed E-state index contributed by atoms with van der Waals surface area (Å²) < 4.78 is 51.9. The zero-order valence-corrected chi connectivity index (χ0v) is 17.6. The summed E-state index contributed by atoms with van der Waals surface area (Å²) >= 11 is 0. The third-order valence-electron chi connectivity index (χ3n) is 3.82. The molecule has 1 saturated heterocycles. The third kappa shape index (κ3) is 5.71. The monoisotopic (exact) mass is 517 g/mol. The van der Waals surface area contributed by atoms with Crippen LogP contribution in [0.5, 0.6) is 0 Å². The molecule has 174 valence electrons. The largest absolute Gasteiger partial charge is 0.490 e. The number of hydrogen-bond acceptors (Lipinski definition) is 13. The average Bonchev–Trinajstić information content (AvgIpc) is 3.13. The van der Waals surface area contributed by atoms with E-state index in [0.29, 0.717) is 0 Å². The maximum absolute atomic E-state index is 11.8. The van der Waals surface area contributed by atoms with Crippen molar-refractivity contribution in [2.75, 3.05) is 12.3 Å². The summed E-state index contributed by atoms with van der Waals surface area (Å²) in [7, 11) is -16.7. The number of aliphatic hydroxyl groups is 2. The molecule has 3 rings (SSSR count). The van der Waals surface area contributed by atoms with Crippen molar-refractivity contribution in [2.24, 2.45) is 0 Å². The lowest BCUT2D eigenvalue weighted by molar-refractivity contribution is -0.0503. The first-order chi connectivity index (χ1) is 14.2. The van der Waals surface area contributed by atoms with Gasteiger partial charge in [0.25, 0.3) is 0 Å². The van der Waals surface area contributed by atoms with Gasteiger partial charge in [-0.2, -0.15) is 8.62 Å². The summed E-state index contributed by atoms with van der Waals surface area (Å²) in [5.74, 6) is 0.0426. The molecule has 31 heavy (non-hydrogen) atoms. The number of aliphatic hydroxyl groups excluding tert-OH is 2. The molecule has 0 aromatic carbocycles. The number of ether oxygens (including phenoxy) is 1. The SMILES string of the molecule is N[13c]1n[13cH]n[13c]2[13c]1n[13cH]n2[13C@@H]1O[13C@H]([13CH2]OP(=O)(O)OP(=O)(O)OP(=O)(O)O)[13C@H](O)[13CH]1O. The molecule has 0 spiro atoms. The Labute approximate surface area is 171 Å². The van der Waals surface area contributed by atoms with Gasteiger partial charge in [-0.15, -0.1) is 0 Å². The van der Waals surface area contributed by atoms with Gasteiger partial charge in [-0.25, -0.2) is 28.6 Å². The Morgan fingerprint density at radius 3 is 2.35 bits per heavy atom. The van der Waals surface area contributed by atoms with Crippen LogP contribution in [0, 0.1) is 0 Å². The smallest absolute Gasteiger partial charge is 0.387 e. The van der Waals surface area contributed by atoms with Gasteiger partial charge in [-0.1, -0.05) is 0 Å². The van der Waals surface area contributed by atoms with Crippen molar-refractivity contribution in [3.63, 3.8) is 0 Å². The van der Waals surface area contributed by atoms with Crippen LogP contribution in [0.15, 0.2) is 12.7 Å². The van der Waals surface area contributed by atoms with E-state index in [9.17, 15) is 28.8 Å². The Hall–Kier alpha value is -1.36. The highest BCUT2D eigenvalue weighted by Gasteiger charge is 2.47. The predicted octanol–water partition coefficient (Wildman–Crippen LogP) is -1.63. The van der Waals surface area contributed by atoms with Crippen LogP contribution in [0.2, 0.25) is 0 Å². The van der Waals surface area contributed by atoms with Crippen molar-refractivity contribution in [1.82, 2.24) is 19.5 Å². The number of phosphoric acid groups is 3. The minimum absolute atomic E-state index is 0.0426. The maximum atomic E-state index is 11.8. The molecule has 1 fully saturated rings. The molecule has 6 atom stereocenters. The lowest BCUT2D eigenvalue weighted by Crippen LogP contribution is -2.33. The number of hydrogen-bond donors (Lipinski definition) is 7. The van der Waals surface area contributed by atoms with Gasteiger partial charge in [0.15, 0.2) is 17.7 Å². The Kier molecular flexibility index (Phi) is 6.68. The Morgan fingerprint density at radius 2 is 1.71 bits per heavy atom. The summed E-state index contributed by atoms with van der Waals surface area (Å²) in [6, 6.07) is 0. The van der Waals surface area contributed by atoms with Crippen LogP contribution in [0.25, 0.3) is 11.2 Å². The first kappa shape index (κ1) is 24.3. The van der Waals surface area contributed by atoms with Crippen LogP contribution in [-0.2, 0) is 31.6 Å². The first-order valence-electron chi connectivity index (χ1n) is 7.92. The number of anilines is 1. The number of nitrogens with zero attached hydrogens (tertiary/aromatic N) is 4. The van der Waals surface area contributed by atoms with Gasteiger partial charge in [-0.3, -0.25) is 9.09 Å². The molecular formula is C10H16N5O13P3. The van der Waals surface area contributed by atoms with Gasteiger partial charge >= 0.3 is 23.5 Å². The summed E-state index contributed by atoms with van der Waals surface area (Å²) in [5.41, 5.74) is 6.00. The normalized spacial score (nSPS) is 28.5. The second-order valence-electron chi connectivity index (χ2n) is 6.02. The number of fused-ring (bicyclic) bond motifs is 1. The van der Waals surface area contributed by atoms with Crippen LogP contribution >= 0.6 is 23.5 Å². The number of aromatic nitrogens is 4. The van der Waals surface area contributed by atoms with Gasteiger partial charge in [-0.05, 0) is 0 Å². The van der Waals surface area contributed by atoms with Crippen LogP contribution in [0.3, 0.4) is 0 Å². The van der Waals surface area contributed by atoms with E-state index in [1.807, 2.05) is 0 Å². The summed E-state index contributed by atoms with van der Waals surface area (Å²) in [6.07, 6.45) is -3.69. The Morgan fingerprint density at radius 1 is 1.03 bits per heavy atom. The third-order valence-corrected chi connectivity index (χ3v) is 7.62. The van der Waals surface area contributed by atoms with E-state index in [4.69, 9.17) is 25.2 Å². The predicted molar refractivity (Wildman–Crippen MR) is 95.5 cm³/mol. The molecule has 3 heterocycles. The van der Waals surface area contributed by atoms with Gasteiger partial charge in [0.2, 0.25) is 0 Å². The number of rotatable bonds is 8. The quantitative estimate of drug-likeness (QED) is 0.153. The van der Waals surface area contributed by atoms with E-state index in [1.165, 1.54) is 10.9 Å². The minimum Gasteiger partial charge on any atom is -0.387 e. The van der Waals surface area contributed by atoms with E-state index in [-0.39, 0.29) is 17.0 Å². The van der Waals surface area contributed by atoms with Crippen LogP contribution < -0.4 is 5.73 Å². The van der Waals surface area contributed by atoms with Crippen molar-refractivity contribution in [1.29, 1.82) is 0 Å². The lowest BCUT2D eigenvalue weighted by atomic mass is 11.1. The fourth-order valence-electron chi connectivity index (χ4n) is 2.62. The molecule has 18 nitrogen and oxygen atoms in total. The van der Waals surface area contributed by atoms with Crippen molar-refractivity contribution in [2.45, 2.75) is 24.5 Å². The van der Waals surface area contributed by atoms with E-state index in [2.05, 4.69) is 28.1 Å². The van der Waals surface area contributed by atoms with E-state index in [0.717, 1.165) is 6.33 Å². The number of nitrogens with two attached hydrogens (primary N) is 1. The van der Waals surface area contributed by atoms with E-state index < -0.39 is 54.6 Å². The summed E-state index contributed by atoms with van der Waals surface area (Å²) in [4.78, 5) is 47.2. The van der Waals surface area contributed by atoms with Gasteiger partial charge in [0.1, 0.15) is 30.2 Å². The van der Waals surface area contributed by atoms with Gasteiger partial charge in [0.05, 0.1) is 12.9 Å². The molecule has 0 saturated carbocycles. The van der Waals surface area contributed by atoms with Crippen LogP contribution in [0.4, 0.5) is 5.82 Å². The fraction of sp³-hybridized carbons (Fsp3) is 0.500. The number of nitrogen functional groups attached to an aromatic ring is 1. The zero-order valence-electron chi connectivity index (χ0n) is 14.9. The molecule has 1 aliphatic rings. The molecule has 0 bridgehead atoms. The van der Waals surface area contributed by atoms with Crippen LogP contribution in [-0.4, -0.2) is 74.2 Å². The minimum atomic E-state index is -5.70. The van der Waals surface area contributed by atoms with Gasteiger partial charge < -0.3 is 40.3 Å². The maximum Gasteiger partial charge on any atom is 0.490 e. The molecule has 2 aromatic heterocycles. The van der Waals surface area contributed by atoms with E-state index in [1.54, 1.807) is 0 Å². The molecule has 0 aliphatic carbocycles. The van der Waals surface area contributed by atoms with Crippen molar-refractivity contribution < 1.29 is 61.4 Å². The second-order valence-corrected chi connectivity index (χ2v) is 10.4. The number of phosphoric ester groups is 1. The molecule has 1 aliphatic heterocycles. The summed E-state index contributed by atoms with van der Waals surface area (Å²) in [5, 5.41) is 20.4. The second kappa shape index (κ2) is 8.53. The first-order valence-corrected chi connectivity index (χ1v) is 12.4. The molecular weight excluding hydrogens is 501 g/mol. The standard InChI is InChI=1S/C10H16N5O13P3/c11-8-5-9(13-2-12-8)15(3-14-5)10-7(17)6(16)4(26-10)1-25-30(21,22)28-31(23,24)27-29(18,19)20/h2-4,6-7,10,16-17H,1H2,(H,21,22)(H,23,24)(H2,11,12,13)(H2,18,19,20)/t4-,6+,7?,10-/m1/s1/i1+1,2+1,3+1,4+1,5+1,6+1,7+1,8+1,9+1,10+1. The average molecular weight is 517 g/mol. The molecule has 8 N–H and O–H groups in total. The van der Waals surface area contributed by atoms with Gasteiger partial charge in [0, 0.05) is 0 Å². The highest BCUT2D eigenvalue weighted by Crippen LogP contribution is 2.66. The molecule has 3 unspecified atom stereocenters. The topological polar surface area (TPSA) is 279 Å². The highest BCUT2D eigenvalue weighted by atomic mass is 31.3. The van der Waals surface area contributed by atoms with E-state index >= 15 is 0 Å². The molecule has 2 aromatic rings. The Balaban J connectivity index is 1.69. The van der Waals surface area contributed by atoms with Crippen molar-refractivity contribution in [3.05, 3.63) is 12.7 Å². The number of imidazole rings is 1. The van der Waals surface area contributed by atoms with Crippen molar-refractivity contribution in [3.8, 4) is 0 Å². The zero-order chi connectivity index (χ0) is 23.2. The lowest BCUT2D eigenvalue weighted by Gasteiger charge is -2.19. The summed E-state index contributed by atoms with van der Waals surface area (Å²) in [6.45, 7) is -0.956. The highest BCUT2D eigenvalue weighted by molar-refractivity contribution is 7.66.